The molecule has 0 radical (unpaired) electrons. The Morgan fingerprint density at radius 3 is 2.70 bits per heavy atom. The molecule has 1 unspecified atom stereocenters. The minimum atomic E-state index is -0.325. The molecule has 1 amide bonds. The van der Waals surface area contributed by atoms with Crippen LogP contribution in [0.3, 0.4) is 0 Å². The van der Waals surface area contributed by atoms with Gasteiger partial charge in [0, 0.05) is 4.47 Å². The topological polar surface area (TPSA) is 29.1 Å². The predicted molar refractivity (Wildman–Crippen MR) is 80.8 cm³/mol. The Morgan fingerprint density at radius 1 is 1.25 bits per heavy atom. The van der Waals surface area contributed by atoms with E-state index in [1.54, 1.807) is 12.1 Å². The van der Waals surface area contributed by atoms with Crippen molar-refractivity contribution in [2.75, 3.05) is 0 Å². The lowest BCUT2D eigenvalue weighted by molar-refractivity contribution is -0.121. The highest BCUT2D eigenvalue weighted by Gasteiger charge is 2.12. The van der Waals surface area contributed by atoms with Crippen LogP contribution in [0.1, 0.15) is 24.1 Å². The lowest BCUT2D eigenvalue weighted by atomic mass is 10.1. The van der Waals surface area contributed by atoms with Crippen LogP contribution in [-0.2, 0) is 11.2 Å². The summed E-state index contributed by atoms with van der Waals surface area (Å²) < 4.78 is 14.0. The zero-order valence-corrected chi connectivity index (χ0v) is 12.7. The van der Waals surface area contributed by atoms with Crippen LogP contribution < -0.4 is 5.32 Å². The van der Waals surface area contributed by atoms with Gasteiger partial charge in [-0.2, -0.15) is 0 Å². The zero-order valence-electron chi connectivity index (χ0n) is 11.1. The summed E-state index contributed by atoms with van der Waals surface area (Å²) in [6.07, 6.45) is 0.173. The van der Waals surface area contributed by atoms with Crippen molar-refractivity contribution < 1.29 is 9.18 Å². The van der Waals surface area contributed by atoms with Gasteiger partial charge >= 0.3 is 0 Å². The Morgan fingerprint density at radius 2 is 2.00 bits per heavy atom. The highest BCUT2D eigenvalue weighted by molar-refractivity contribution is 9.10. The normalized spacial score (nSPS) is 11.9. The Labute approximate surface area is 126 Å². The maximum absolute atomic E-state index is 13.1. The number of amides is 1. The second-order valence-corrected chi connectivity index (χ2v) is 5.47. The molecule has 0 aromatic heterocycles. The number of hydrogen-bond donors (Lipinski definition) is 1. The average Bonchev–Trinajstić information content (AvgIpc) is 2.38. The van der Waals surface area contributed by atoms with Gasteiger partial charge in [0.1, 0.15) is 5.82 Å². The number of carbonyl (C=O) groups is 1. The minimum absolute atomic E-state index is 0.105. The first kappa shape index (κ1) is 14.7. The first-order valence-corrected chi connectivity index (χ1v) is 7.14. The molecule has 0 heterocycles. The van der Waals surface area contributed by atoms with Gasteiger partial charge in [0.15, 0.2) is 0 Å². The molecule has 2 rings (SSSR count). The molecule has 0 spiro atoms. The standard InChI is InChI=1S/C16H15BrFNO/c1-11(14-7-2-3-8-15(14)17)19-16(20)10-12-5-4-6-13(18)9-12/h2-9,11H,10H2,1H3,(H,19,20). The zero-order chi connectivity index (χ0) is 14.5. The SMILES string of the molecule is CC(NC(=O)Cc1cccc(F)c1)c1ccccc1Br. The van der Waals surface area contributed by atoms with Crippen molar-refractivity contribution in [1.29, 1.82) is 0 Å². The van der Waals surface area contributed by atoms with Crippen molar-refractivity contribution in [3.63, 3.8) is 0 Å². The van der Waals surface area contributed by atoms with Crippen LogP contribution in [0.5, 0.6) is 0 Å². The van der Waals surface area contributed by atoms with E-state index in [1.807, 2.05) is 31.2 Å². The van der Waals surface area contributed by atoms with Crippen LogP contribution in [0.25, 0.3) is 0 Å². The number of nitrogens with one attached hydrogen (secondary N) is 1. The molecule has 0 aliphatic rings. The van der Waals surface area contributed by atoms with Crippen molar-refractivity contribution in [3.05, 3.63) is 69.9 Å². The second kappa shape index (κ2) is 6.66. The van der Waals surface area contributed by atoms with E-state index in [9.17, 15) is 9.18 Å². The van der Waals surface area contributed by atoms with Gasteiger partial charge in [-0.1, -0.05) is 46.3 Å². The van der Waals surface area contributed by atoms with E-state index in [4.69, 9.17) is 0 Å². The highest BCUT2D eigenvalue weighted by atomic mass is 79.9. The maximum Gasteiger partial charge on any atom is 0.224 e. The fraction of sp³-hybridized carbons (Fsp3) is 0.188. The van der Waals surface area contributed by atoms with E-state index in [0.717, 1.165) is 10.0 Å². The molecule has 2 nitrogen and oxygen atoms in total. The lowest BCUT2D eigenvalue weighted by Gasteiger charge is -2.16. The molecule has 0 aliphatic carbocycles. The molecule has 0 saturated heterocycles. The molecule has 1 atom stereocenters. The third-order valence-electron chi connectivity index (χ3n) is 3.00. The van der Waals surface area contributed by atoms with E-state index < -0.39 is 0 Å². The number of benzene rings is 2. The van der Waals surface area contributed by atoms with Crippen molar-refractivity contribution in [1.82, 2.24) is 5.32 Å². The number of hydrogen-bond acceptors (Lipinski definition) is 1. The van der Waals surface area contributed by atoms with Gasteiger partial charge in [0.25, 0.3) is 0 Å². The molecule has 20 heavy (non-hydrogen) atoms. The van der Waals surface area contributed by atoms with Crippen LogP contribution in [-0.4, -0.2) is 5.91 Å². The fourth-order valence-electron chi connectivity index (χ4n) is 2.03. The van der Waals surface area contributed by atoms with Crippen molar-refractivity contribution in [2.24, 2.45) is 0 Å². The molecule has 0 bridgehead atoms. The highest BCUT2D eigenvalue weighted by Crippen LogP contribution is 2.22. The summed E-state index contributed by atoms with van der Waals surface area (Å²) in [5.41, 5.74) is 1.68. The van der Waals surface area contributed by atoms with Crippen LogP contribution in [0.15, 0.2) is 53.0 Å². The molecule has 0 saturated carbocycles. The molecule has 0 fully saturated rings. The van der Waals surface area contributed by atoms with E-state index in [0.29, 0.717) is 5.56 Å². The molecule has 0 aliphatic heterocycles. The van der Waals surface area contributed by atoms with Gasteiger partial charge in [0.05, 0.1) is 12.5 Å². The van der Waals surface area contributed by atoms with E-state index >= 15 is 0 Å². The van der Waals surface area contributed by atoms with Crippen LogP contribution in [0, 0.1) is 5.82 Å². The second-order valence-electron chi connectivity index (χ2n) is 4.62. The molecule has 4 heteroatoms. The smallest absolute Gasteiger partial charge is 0.224 e. The van der Waals surface area contributed by atoms with Crippen molar-refractivity contribution in [3.8, 4) is 0 Å². The van der Waals surface area contributed by atoms with Gasteiger partial charge in [-0.15, -0.1) is 0 Å². The summed E-state index contributed by atoms with van der Waals surface area (Å²) in [7, 11) is 0. The molecule has 2 aromatic carbocycles. The number of halogens is 2. The Hall–Kier alpha value is -1.68. The average molecular weight is 336 g/mol. The van der Waals surface area contributed by atoms with Gasteiger partial charge in [-0.05, 0) is 36.2 Å². The molecular formula is C16H15BrFNO. The summed E-state index contributed by atoms with van der Waals surface area (Å²) in [5.74, 6) is -0.451. The summed E-state index contributed by atoms with van der Waals surface area (Å²) in [5, 5.41) is 2.91. The fourth-order valence-corrected chi connectivity index (χ4v) is 2.66. The lowest BCUT2D eigenvalue weighted by Crippen LogP contribution is -2.28. The Kier molecular flexibility index (Phi) is 4.90. The van der Waals surface area contributed by atoms with E-state index in [-0.39, 0.29) is 24.2 Å². The largest absolute Gasteiger partial charge is 0.349 e. The first-order chi connectivity index (χ1) is 9.56. The van der Waals surface area contributed by atoms with E-state index in [2.05, 4.69) is 21.2 Å². The van der Waals surface area contributed by atoms with Gasteiger partial charge in [-0.25, -0.2) is 4.39 Å². The molecule has 104 valence electrons. The summed E-state index contributed by atoms with van der Waals surface area (Å²) in [4.78, 5) is 12.0. The summed E-state index contributed by atoms with van der Waals surface area (Å²) in [6.45, 7) is 1.92. The molecule has 2 aromatic rings. The third-order valence-corrected chi connectivity index (χ3v) is 3.73. The molecular weight excluding hydrogens is 321 g/mol. The third kappa shape index (κ3) is 3.90. The quantitative estimate of drug-likeness (QED) is 0.898. The van der Waals surface area contributed by atoms with Crippen molar-refractivity contribution in [2.45, 2.75) is 19.4 Å². The Bertz CT molecular complexity index is 615. The monoisotopic (exact) mass is 335 g/mol. The Balaban J connectivity index is 2.00. The first-order valence-electron chi connectivity index (χ1n) is 6.34. The summed E-state index contributed by atoms with van der Waals surface area (Å²) >= 11 is 3.46. The number of rotatable bonds is 4. The summed E-state index contributed by atoms with van der Waals surface area (Å²) in [6, 6.07) is 13.7. The molecule has 1 N–H and O–H groups in total. The van der Waals surface area contributed by atoms with Crippen LogP contribution in [0.4, 0.5) is 4.39 Å². The van der Waals surface area contributed by atoms with Crippen molar-refractivity contribution >= 4 is 21.8 Å². The van der Waals surface area contributed by atoms with Gasteiger partial charge < -0.3 is 5.32 Å². The van der Waals surface area contributed by atoms with E-state index in [1.165, 1.54) is 12.1 Å². The van der Waals surface area contributed by atoms with Crippen LogP contribution >= 0.6 is 15.9 Å². The van der Waals surface area contributed by atoms with Gasteiger partial charge in [0.2, 0.25) is 5.91 Å². The number of carbonyl (C=O) groups excluding carboxylic acids is 1. The van der Waals surface area contributed by atoms with Crippen LogP contribution in [0.2, 0.25) is 0 Å². The minimum Gasteiger partial charge on any atom is -0.349 e. The van der Waals surface area contributed by atoms with Gasteiger partial charge in [-0.3, -0.25) is 4.79 Å². The predicted octanol–water partition coefficient (Wildman–Crippen LogP) is 4.01. The maximum atomic E-state index is 13.1.